The van der Waals surface area contributed by atoms with Gasteiger partial charge in [-0.05, 0) is 36.4 Å². The summed E-state index contributed by atoms with van der Waals surface area (Å²) in [6, 6.07) is 11.0. The van der Waals surface area contributed by atoms with Crippen molar-refractivity contribution in [3.8, 4) is 0 Å². The zero-order chi connectivity index (χ0) is 16.6. The van der Waals surface area contributed by atoms with Gasteiger partial charge >= 0.3 is 0 Å². The summed E-state index contributed by atoms with van der Waals surface area (Å²) in [5.41, 5.74) is 1.09. The molecule has 0 saturated carbocycles. The van der Waals surface area contributed by atoms with Gasteiger partial charge in [0.25, 0.3) is 5.91 Å². The molecule has 1 fully saturated rings. The second kappa shape index (κ2) is 6.40. The lowest BCUT2D eigenvalue weighted by Crippen LogP contribution is -2.34. The molecule has 0 aromatic heterocycles. The second-order valence-electron chi connectivity index (χ2n) is 5.08. The Hall–Kier alpha value is -1.75. The van der Waals surface area contributed by atoms with Crippen molar-refractivity contribution in [2.75, 3.05) is 10.2 Å². The third-order valence-corrected chi connectivity index (χ3v) is 4.45. The number of carbonyl (C=O) groups is 2. The molecule has 2 aromatic carbocycles. The zero-order valence-corrected chi connectivity index (χ0v) is 14.0. The van der Waals surface area contributed by atoms with Crippen LogP contribution in [0.2, 0.25) is 15.1 Å². The van der Waals surface area contributed by atoms with Crippen LogP contribution in [-0.2, 0) is 9.59 Å². The smallest absolute Gasteiger partial charge is 0.256 e. The van der Waals surface area contributed by atoms with E-state index < -0.39 is 6.04 Å². The van der Waals surface area contributed by atoms with Gasteiger partial charge in [0.05, 0.1) is 22.2 Å². The number of carbonyl (C=O) groups excluding carboxylic acids is 2. The number of hydrogen-bond acceptors (Lipinski definition) is 3. The molecule has 1 N–H and O–H groups in total. The summed E-state index contributed by atoms with van der Waals surface area (Å²) in [5, 5.41) is 4.23. The summed E-state index contributed by atoms with van der Waals surface area (Å²) in [6.45, 7) is 0. The third kappa shape index (κ3) is 3.29. The van der Waals surface area contributed by atoms with E-state index in [9.17, 15) is 9.59 Å². The van der Waals surface area contributed by atoms with Gasteiger partial charge in [-0.3, -0.25) is 9.59 Å². The summed E-state index contributed by atoms with van der Waals surface area (Å²) >= 11 is 17.7. The van der Waals surface area contributed by atoms with E-state index >= 15 is 0 Å². The number of benzene rings is 2. The molecule has 118 valence electrons. The first kappa shape index (κ1) is 16.1. The van der Waals surface area contributed by atoms with Gasteiger partial charge < -0.3 is 5.32 Å². The Balaban J connectivity index is 1.83. The van der Waals surface area contributed by atoms with E-state index in [4.69, 9.17) is 34.8 Å². The first-order valence-corrected chi connectivity index (χ1v) is 7.93. The summed E-state index contributed by atoms with van der Waals surface area (Å²) in [5.74, 6) is -0.638. The molecule has 0 radical (unpaired) electrons. The Morgan fingerprint density at radius 1 is 1.00 bits per heavy atom. The minimum absolute atomic E-state index is 0.0611. The summed E-state index contributed by atoms with van der Waals surface area (Å²) in [6.07, 6.45) is 0.0611. The first-order chi connectivity index (χ1) is 11.0. The van der Waals surface area contributed by atoms with Crippen LogP contribution in [0.15, 0.2) is 42.5 Å². The number of imide groups is 1. The lowest BCUT2D eigenvalue weighted by Gasteiger charge is -2.16. The topological polar surface area (TPSA) is 49.4 Å². The molecule has 0 unspecified atom stereocenters. The van der Waals surface area contributed by atoms with Gasteiger partial charge in [-0.2, -0.15) is 0 Å². The molecule has 1 saturated heterocycles. The molecule has 0 bridgehead atoms. The van der Waals surface area contributed by atoms with Crippen molar-refractivity contribution in [2.45, 2.75) is 12.5 Å². The van der Waals surface area contributed by atoms with Crippen molar-refractivity contribution in [2.24, 2.45) is 0 Å². The van der Waals surface area contributed by atoms with Gasteiger partial charge in [-0.15, -0.1) is 0 Å². The fourth-order valence-corrected chi connectivity index (χ4v) is 2.90. The Morgan fingerprint density at radius 2 is 1.78 bits per heavy atom. The third-order valence-electron chi connectivity index (χ3n) is 3.47. The molecule has 1 heterocycles. The number of nitrogens with one attached hydrogen (secondary N) is 1. The number of amides is 2. The maximum atomic E-state index is 12.5. The molecule has 7 heteroatoms. The molecule has 2 amide bonds. The standard InChI is InChI=1S/C16H11Cl3N2O2/c17-9-2-1-3-10(6-9)20-14-8-15(22)21(16(14)23)11-4-5-12(18)13(19)7-11/h1-7,14,20H,8H2/t14-/m1/s1. The Bertz CT molecular complexity index is 795. The van der Waals surface area contributed by atoms with Gasteiger partial charge in [-0.25, -0.2) is 4.90 Å². The highest BCUT2D eigenvalue weighted by molar-refractivity contribution is 6.42. The van der Waals surface area contributed by atoms with Crippen molar-refractivity contribution in [1.82, 2.24) is 0 Å². The van der Waals surface area contributed by atoms with Crippen LogP contribution in [0.3, 0.4) is 0 Å². The van der Waals surface area contributed by atoms with Crippen molar-refractivity contribution >= 4 is 58.0 Å². The van der Waals surface area contributed by atoms with Crippen LogP contribution in [0.5, 0.6) is 0 Å². The Labute approximate surface area is 147 Å². The lowest BCUT2D eigenvalue weighted by molar-refractivity contribution is -0.121. The van der Waals surface area contributed by atoms with Gasteiger partial charge in [0.1, 0.15) is 6.04 Å². The quantitative estimate of drug-likeness (QED) is 0.816. The van der Waals surface area contributed by atoms with Gasteiger partial charge in [0, 0.05) is 10.7 Å². The van der Waals surface area contributed by atoms with Crippen LogP contribution < -0.4 is 10.2 Å². The van der Waals surface area contributed by atoms with Gasteiger partial charge in [0.15, 0.2) is 0 Å². The SMILES string of the molecule is O=C1C[C@@H](Nc2cccc(Cl)c2)C(=O)N1c1ccc(Cl)c(Cl)c1. The fourth-order valence-electron chi connectivity index (χ4n) is 2.42. The van der Waals surface area contributed by atoms with E-state index in [0.29, 0.717) is 21.4 Å². The monoisotopic (exact) mass is 368 g/mol. The average molecular weight is 370 g/mol. The highest BCUT2D eigenvalue weighted by Gasteiger charge is 2.39. The minimum Gasteiger partial charge on any atom is -0.373 e. The van der Waals surface area contributed by atoms with E-state index in [0.717, 1.165) is 4.90 Å². The molecule has 0 spiro atoms. The summed E-state index contributed by atoms with van der Waals surface area (Å²) in [7, 11) is 0. The normalized spacial score (nSPS) is 17.7. The predicted molar refractivity (Wildman–Crippen MR) is 92.4 cm³/mol. The van der Waals surface area contributed by atoms with Crippen LogP contribution in [0, 0.1) is 0 Å². The van der Waals surface area contributed by atoms with E-state index in [1.54, 1.807) is 36.4 Å². The lowest BCUT2D eigenvalue weighted by atomic mass is 10.2. The average Bonchev–Trinajstić information content (AvgIpc) is 2.77. The van der Waals surface area contributed by atoms with Crippen molar-refractivity contribution < 1.29 is 9.59 Å². The molecule has 1 aliphatic rings. The van der Waals surface area contributed by atoms with Gasteiger partial charge in [-0.1, -0.05) is 40.9 Å². The minimum atomic E-state index is -0.643. The molecule has 2 aromatic rings. The van der Waals surface area contributed by atoms with Crippen LogP contribution in [-0.4, -0.2) is 17.9 Å². The first-order valence-electron chi connectivity index (χ1n) is 6.79. The van der Waals surface area contributed by atoms with Crippen molar-refractivity contribution in [3.63, 3.8) is 0 Å². The number of rotatable bonds is 3. The van der Waals surface area contributed by atoms with Crippen molar-refractivity contribution in [1.29, 1.82) is 0 Å². The summed E-state index contributed by atoms with van der Waals surface area (Å²) in [4.78, 5) is 25.9. The van der Waals surface area contributed by atoms with Crippen LogP contribution >= 0.6 is 34.8 Å². The molecular formula is C16H11Cl3N2O2. The number of nitrogens with zero attached hydrogens (tertiary/aromatic N) is 1. The van der Waals surface area contributed by atoms with E-state index in [2.05, 4.69) is 5.32 Å². The van der Waals surface area contributed by atoms with Crippen molar-refractivity contribution in [3.05, 3.63) is 57.5 Å². The molecule has 1 aliphatic heterocycles. The van der Waals surface area contributed by atoms with E-state index in [1.807, 2.05) is 0 Å². The predicted octanol–water partition coefficient (Wildman–Crippen LogP) is 4.39. The van der Waals surface area contributed by atoms with E-state index in [-0.39, 0.29) is 23.3 Å². The maximum absolute atomic E-state index is 12.5. The fraction of sp³-hybridized carbons (Fsp3) is 0.125. The highest BCUT2D eigenvalue weighted by Crippen LogP contribution is 2.31. The maximum Gasteiger partial charge on any atom is 0.256 e. The zero-order valence-electron chi connectivity index (χ0n) is 11.7. The number of halogens is 3. The van der Waals surface area contributed by atoms with E-state index in [1.165, 1.54) is 6.07 Å². The number of anilines is 2. The Kier molecular flexibility index (Phi) is 4.48. The summed E-state index contributed by atoms with van der Waals surface area (Å²) < 4.78 is 0. The molecular weight excluding hydrogens is 359 g/mol. The van der Waals surface area contributed by atoms with Crippen LogP contribution in [0.1, 0.15) is 6.42 Å². The van der Waals surface area contributed by atoms with Crippen LogP contribution in [0.4, 0.5) is 11.4 Å². The largest absolute Gasteiger partial charge is 0.373 e. The Morgan fingerprint density at radius 3 is 2.48 bits per heavy atom. The molecule has 1 atom stereocenters. The van der Waals surface area contributed by atoms with Crippen LogP contribution in [0.25, 0.3) is 0 Å². The second-order valence-corrected chi connectivity index (χ2v) is 6.33. The molecule has 3 rings (SSSR count). The number of hydrogen-bond donors (Lipinski definition) is 1. The molecule has 0 aliphatic carbocycles. The highest BCUT2D eigenvalue weighted by atomic mass is 35.5. The molecule has 23 heavy (non-hydrogen) atoms. The molecule has 4 nitrogen and oxygen atoms in total. The van der Waals surface area contributed by atoms with Gasteiger partial charge in [0.2, 0.25) is 5.91 Å².